The molecule has 0 radical (unpaired) electrons. The van der Waals surface area contributed by atoms with Crippen LogP contribution in [0.2, 0.25) is 0 Å². The highest BCUT2D eigenvalue weighted by Crippen LogP contribution is 2.30. The first-order valence-corrected chi connectivity index (χ1v) is 10.1. The lowest BCUT2D eigenvalue weighted by atomic mass is 10.2. The van der Waals surface area contributed by atoms with Crippen LogP contribution in [0.1, 0.15) is 5.82 Å². The summed E-state index contributed by atoms with van der Waals surface area (Å²) in [5.74, 6) is 1.28. The summed E-state index contributed by atoms with van der Waals surface area (Å²) in [6.45, 7) is 1.77. The van der Waals surface area contributed by atoms with E-state index in [2.05, 4.69) is 15.7 Å². The molecule has 4 rings (SSSR count). The average Bonchev–Trinajstić information content (AvgIpc) is 3.16. The van der Waals surface area contributed by atoms with Crippen molar-refractivity contribution in [1.29, 1.82) is 0 Å². The number of fused-ring (bicyclic) bond motifs is 1. The summed E-state index contributed by atoms with van der Waals surface area (Å²) >= 11 is 6.79. The molecule has 8 heteroatoms. The molecule has 0 unspecified atom stereocenters. The van der Waals surface area contributed by atoms with E-state index >= 15 is 0 Å². The highest BCUT2D eigenvalue weighted by atomic mass is 32.1. The Morgan fingerprint density at radius 3 is 2.55 bits per heavy atom. The van der Waals surface area contributed by atoms with Gasteiger partial charge in [-0.2, -0.15) is 0 Å². The number of aromatic nitrogens is 2. The molecule has 2 heterocycles. The molecule has 0 aliphatic rings. The van der Waals surface area contributed by atoms with Gasteiger partial charge in [0.25, 0.3) is 5.56 Å². The number of aryl methyl sites for hydroxylation is 1. The first-order valence-electron chi connectivity index (χ1n) is 8.86. The molecule has 6 nitrogen and oxygen atoms in total. The second kappa shape index (κ2) is 8.02. The summed E-state index contributed by atoms with van der Waals surface area (Å²) in [7, 11) is 1.61. The molecule has 2 N–H and O–H groups in total. The number of thiocarbonyl (C=S) groups is 1. The number of benzene rings is 2. The van der Waals surface area contributed by atoms with Crippen LogP contribution in [-0.2, 0) is 0 Å². The van der Waals surface area contributed by atoms with Gasteiger partial charge in [-0.25, -0.2) is 9.66 Å². The molecular weight excluding hydrogens is 404 g/mol. The Morgan fingerprint density at radius 2 is 1.86 bits per heavy atom. The fraction of sp³-hybridized carbons (Fsp3) is 0.0952. The van der Waals surface area contributed by atoms with Crippen LogP contribution < -0.4 is 21.0 Å². The van der Waals surface area contributed by atoms with Gasteiger partial charge in [-0.3, -0.25) is 10.2 Å². The van der Waals surface area contributed by atoms with Crippen molar-refractivity contribution in [2.24, 2.45) is 0 Å². The molecule has 2 aromatic carbocycles. The number of nitrogens with one attached hydrogen (secondary N) is 2. The van der Waals surface area contributed by atoms with Gasteiger partial charge < -0.3 is 10.1 Å². The third-order valence-corrected chi connectivity index (χ3v) is 5.69. The quantitative estimate of drug-likeness (QED) is 0.476. The van der Waals surface area contributed by atoms with Crippen molar-refractivity contribution in [2.45, 2.75) is 6.92 Å². The number of nitrogens with zero attached hydrogens (tertiary/aromatic N) is 2. The topological polar surface area (TPSA) is 68.2 Å². The van der Waals surface area contributed by atoms with Crippen LogP contribution in [0.5, 0.6) is 5.75 Å². The zero-order valence-corrected chi connectivity index (χ0v) is 17.4. The fourth-order valence-electron chi connectivity index (χ4n) is 2.90. The molecule has 0 saturated heterocycles. The number of methoxy groups -OCH3 is 1. The minimum absolute atomic E-state index is 0.182. The van der Waals surface area contributed by atoms with E-state index < -0.39 is 0 Å². The van der Waals surface area contributed by atoms with E-state index in [-0.39, 0.29) is 5.56 Å². The van der Waals surface area contributed by atoms with Crippen LogP contribution in [0.3, 0.4) is 0 Å². The van der Waals surface area contributed by atoms with Gasteiger partial charge >= 0.3 is 0 Å². The van der Waals surface area contributed by atoms with E-state index in [9.17, 15) is 4.79 Å². The van der Waals surface area contributed by atoms with Crippen LogP contribution in [0.15, 0.2) is 65.5 Å². The van der Waals surface area contributed by atoms with Crippen molar-refractivity contribution in [2.75, 3.05) is 17.9 Å². The Bertz CT molecular complexity index is 1230. The molecular formula is C21H18N4O2S2. The summed E-state index contributed by atoms with van der Waals surface area (Å²) in [4.78, 5) is 18.6. The second-order valence-corrected chi connectivity index (χ2v) is 7.75. The Hall–Kier alpha value is -3.23. The van der Waals surface area contributed by atoms with Gasteiger partial charge in [-0.1, -0.05) is 30.3 Å². The highest BCUT2D eigenvalue weighted by Gasteiger charge is 2.14. The molecule has 0 saturated carbocycles. The van der Waals surface area contributed by atoms with Crippen molar-refractivity contribution in [1.82, 2.24) is 9.66 Å². The Labute approximate surface area is 176 Å². The minimum Gasteiger partial charge on any atom is -0.497 e. The van der Waals surface area contributed by atoms with E-state index in [1.807, 2.05) is 60.7 Å². The van der Waals surface area contributed by atoms with Crippen molar-refractivity contribution < 1.29 is 4.74 Å². The number of thiophene rings is 1. The van der Waals surface area contributed by atoms with Crippen molar-refractivity contribution in [3.8, 4) is 16.2 Å². The molecule has 146 valence electrons. The van der Waals surface area contributed by atoms with Crippen LogP contribution in [0.4, 0.5) is 5.69 Å². The molecule has 4 aromatic rings. The van der Waals surface area contributed by atoms with Crippen LogP contribution in [-0.4, -0.2) is 21.9 Å². The van der Waals surface area contributed by atoms with Gasteiger partial charge in [-0.05, 0) is 55.0 Å². The molecule has 0 aliphatic carbocycles. The lowest BCUT2D eigenvalue weighted by Crippen LogP contribution is -2.37. The maximum Gasteiger partial charge on any atom is 0.290 e. The lowest BCUT2D eigenvalue weighted by Gasteiger charge is -2.14. The molecule has 0 atom stereocenters. The summed E-state index contributed by atoms with van der Waals surface area (Å²) < 4.78 is 7.09. The summed E-state index contributed by atoms with van der Waals surface area (Å²) in [6.07, 6.45) is 0. The normalized spacial score (nSPS) is 10.7. The molecule has 0 bridgehead atoms. The maximum atomic E-state index is 13.0. The van der Waals surface area contributed by atoms with Gasteiger partial charge in [0.2, 0.25) is 0 Å². The largest absolute Gasteiger partial charge is 0.497 e. The number of hydrogen-bond acceptors (Lipinski definition) is 5. The monoisotopic (exact) mass is 422 g/mol. The lowest BCUT2D eigenvalue weighted by molar-refractivity contribution is 0.415. The minimum atomic E-state index is -0.182. The van der Waals surface area contributed by atoms with Crippen molar-refractivity contribution in [3.63, 3.8) is 0 Å². The van der Waals surface area contributed by atoms with Gasteiger partial charge in [0.15, 0.2) is 5.11 Å². The van der Waals surface area contributed by atoms with E-state index in [0.717, 1.165) is 21.9 Å². The zero-order chi connectivity index (χ0) is 20.4. The maximum absolute atomic E-state index is 13.0. The summed E-state index contributed by atoms with van der Waals surface area (Å²) in [6, 6.07) is 19.2. The smallest absolute Gasteiger partial charge is 0.290 e. The molecule has 0 amide bonds. The zero-order valence-electron chi connectivity index (χ0n) is 15.8. The first-order chi connectivity index (χ1) is 14.0. The molecule has 0 fully saturated rings. The van der Waals surface area contributed by atoms with Gasteiger partial charge in [0.1, 0.15) is 16.3 Å². The van der Waals surface area contributed by atoms with Crippen LogP contribution >= 0.6 is 23.6 Å². The van der Waals surface area contributed by atoms with Crippen molar-refractivity contribution >= 4 is 44.6 Å². The molecule has 2 aromatic heterocycles. The van der Waals surface area contributed by atoms with Crippen LogP contribution in [0.25, 0.3) is 20.7 Å². The van der Waals surface area contributed by atoms with Gasteiger partial charge in [0, 0.05) is 10.6 Å². The number of anilines is 1. The number of hydrogen-bond donors (Lipinski definition) is 2. The first kappa shape index (κ1) is 19.1. The molecule has 0 aliphatic heterocycles. The third-order valence-electron chi connectivity index (χ3n) is 4.34. The SMILES string of the molecule is COc1ccc(NC(=S)Nn2c(C)nc3cc(-c4ccccc4)sc3c2=O)cc1. The fourth-order valence-corrected chi connectivity index (χ4v) is 4.14. The summed E-state index contributed by atoms with van der Waals surface area (Å²) in [5.41, 5.74) is 5.28. The average molecular weight is 423 g/mol. The van der Waals surface area contributed by atoms with Gasteiger partial charge in [-0.15, -0.1) is 11.3 Å². The predicted octanol–water partition coefficient (Wildman–Crippen LogP) is 4.38. The van der Waals surface area contributed by atoms with E-state index in [4.69, 9.17) is 17.0 Å². The Morgan fingerprint density at radius 1 is 1.14 bits per heavy atom. The highest BCUT2D eigenvalue weighted by molar-refractivity contribution is 7.80. The number of rotatable bonds is 4. The van der Waals surface area contributed by atoms with Gasteiger partial charge in [0.05, 0.1) is 12.6 Å². The van der Waals surface area contributed by atoms with E-state index in [0.29, 0.717) is 21.2 Å². The standard InChI is InChI=1S/C21H18N4O2S2/c1-13-22-17-12-18(14-6-4-3-5-7-14)29-19(17)20(26)25(13)24-21(28)23-15-8-10-16(27-2)11-9-15/h3-12H,1-2H3,(H2,23,24,28). The van der Waals surface area contributed by atoms with E-state index in [1.165, 1.54) is 16.0 Å². The van der Waals surface area contributed by atoms with Crippen LogP contribution in [0, 0.1) is 6.92 Å². The van der Waals surface area contributed by atoms with Crippen molar-refractivity contribution in [3.05, 3.63) is 76.8 Å². The predicted molar refractivity (Wildman–Crippen MR) is 123 cm³/mol. The summed E-state index contributed by atoms with van der Waals surface area (Å²) in [5, 5.41) is 3.35. The number of ether oxygens (including phenoxy) is 1. The molecule has 0 spiro atoms. The second-order valence-electron chi connectivity index (χ2n) is 6.29. The Kier molecular flexibility index (Phi) is 5.28. The third kappa shape index (κ3) is 3.98. The van der Waals surface area contributed by atoms with E-state index in [1.54, 1.807) is 14.0 Å². The molecule has 29 heavy (non-hydrogen) atoms. The Balaban J connectivity index is 1.61.